The van der Waals surface area contributed by atoms with E-state index < -0.39 is 12.1 Å². The van der Waals surface area contributed by atoms with Crippen molar-refractivity contribution in [1.82, 2.24) is 10.3 Å². The van der Waals surface area contributed by atoms with Crippen molar-refractivity contribution >= 4 is 5.91 Å². The van der Waals surface area contributed by atoms with Crippen molar-refractivity contribution in [1.29, 1.82) is 0 Å². The van der Waals surface area contributed by atoms with Crippen LogP contribution in [0.4, 0.5) is 4.39 Å². The average molecular weight is 345 g/mol. The molecular weight excluding hydrogens is 321 g/mol. The molecule has 25 heavy (non-hydrogen) atoms. The summed E-state index contributed by atoms with van der Waals surface area (Å²) in [6.07, 6.45) is 0.947. The predicted molar refractivity (Wildman–Crippen MR) is 94.6 cm³/mol. The number of benzene rings is 1. The maximum absolute atomic E-state index is 13.7. The van der Waals surface area contributed by atoms with E-state index in [0.29, 0.717) is 16.8 Å². The maximum Gasteiger partial charge on any atom is 0.253 e. The Kier molecular flexibility index (Phi) is 6.61. The highest BCUT2D eigenvalue weighted by Crippen LogP contribution is 2.14. The third-order valence-corrected chi connectivity index (χ3v) is 3.86. The van der Waals surface area contributed by atoms with E-state index in [1.807, 2.05) is 13.8 Å². The molecule has 0 unspecified atom stereocenters. The van der Waals surface area contributed by atoms with Crippen LogP contribution in [-0.2, 0) is 12.8 Å². The second-order valence-electron chi connectivity index (χ2n) is 6.36. The Morgan fingerprint density at radius 2 is 1.96 bits per heavy atom. The highest BCUT2D eigenvalue weighted by Gasteiger charge is 2.21. The summed E-state index contributed by atoms with van der Waals surface area (Å²) in [6.45, 7) is 3.74. The monoisotopic (exact) mass is 345 g/mol. The number of nitrogens with zero attached hydrogens (tertiary/aromatic N) is 1. The summed E-state index contributed by atoms with van der Waals surface area (Å²) in [5, 5.41) is 13.2. The van der Waals surface area contributed by atoms with Gasteiger partial charge in [-0.2, -0.15) is 0 Å². The minimum Gasteiger partial charge on any atom is -0.391 e. The number of aromatic nitrogens is 1. The molecule has 2 rings (SSSR count). The van der Waals surface area contributed by atoms with Crippen LogP contribution in [-0.4, -0.2) is 34.2 Å². The van der Waals surface area contributed by atoms with E-state index in [-0.39, 0.29) is 30.6 Å². The fourth-order valence-electron chi connectivity index (χ4n) is 2.55. The first-order chi connectivity index (χ1) is 11.9. The van der Waals surface area contributed by atoms with Gasteiger partial charge in [0.2, 0.25) is 0 Å². The molecular formula is C19H24FN3O2. The molecule has 0 aliphatic rings. The molecule has 0 radical (unpaired) electrons. The van der Waals surface area contributed by atoms with Gasteiger partial charge in [-0.25, -0.2) is 4.39 Å². The van der Waals surface area contributed by atoms with Crippen LogP contribution in [0.25, 0.3) is 0 Å². The third-order valence-electron chi connectivity index (χ3n) is 3.86. The number of amides is 1. The summed E-state index contributed by atoms with van der Waals surface area (Å²) in [4.78, 5) is 16.5. The van der Waals surface area contributed by atoms with Gasteiger partial charge in [0.05, 0.1) is 17.4 Å². The molecule has 0 saturated heterocycles. The van der Waals surface area contributed by atoms with E-state index in [1.165, 1.54) is 6.07 Å². The number of pyridine rings is 1. The summed E-state index contributed by atoms with van der Waals surface area (Å²) in [6, 6.07) is 9.00. The molecule has 0 aliphatic carbocycles. The fraction of sp³-hybridized carbons (Fsp3) is 0.368. The van der Waals surface area contributed by atoms with E-state index in [1.54, 1.807) is 36.5 Å². The molecule has 2 atom stereocenters. The molecule has 1 aromatic carbocycles. The van der Waals surface area contributed by atoms with Gasteiger partial charge in [-0.05, 0) is 44.0 Å². The van der Waals surface area contributed by atoms with E-state index in [2.05, 4.69) is 10.3 Å². The molecule has 6 heteroatoms. The lowest BCUT2D eigenvalue weighted by Crippen LogP contribution is -2.39. The average Bonchev–Trinajstić information content (AvgIpc) is 2.56. The Bertz CT molecular complexity index is 721. The first-order valence-corrected chi connectivity index (χ1v) is 8.30. The highest BCUT2D eigenvalue weighted by molar-refractivity contribution is 5.95. The molecule has 2 aromatic rings. The summed E-state index contributed by atoms with van der Waals surface area (Å²) in [5.74, 6) is -0.590. The molecule has 0 saturated carbocycles. The van der Waals surface area contributed by atoms with Crippen molar-refractivity contribution in [3.63, 3.8) is 0 Å². The number of carbonyl (C=O) groups excluding carboxylic acids is 1. The van der Waals surface area contributed by atoms with Gasteiger partial charge in [0.1, 0.15) is 5.82 Å². The lowest BCUT2D eigenvalue weighted by molar-refractivity contribution is 0.0939. The summed E-state index contributed by atoms with van der Waals surface area (Å²) < 4.78 is 13.7. The zero-order valence-corrected chi connectivity index (χ0v) is 14.4. The SMILES string of the molecule is CC(C)NC(=O)c1cccnc1C[C@H](O)[C@H](N)Cc1ccccc1F. The Labute approximate surface area is 147 Å². The molecule has 4 N–H and O–H groups in total. The van der Waals surface area contributed by atoms with Gasteiger partial charge < -0.3 is 16.2 Å². The number of hydrogen-bond donors (Lipinski definition) is 3. The molecule has 1 heterocycles. The third kappa shape index (κ3) is 5.34. The van der Waals surface area contributed by atoms with Crippen LogP contribution in [0.15, 0.2) is 42.6 Å². The van der Waals surface area contributed by atoms with Crippen LogP contribution in [0, 0.1) is 5.82 Å². The smallest absolute Gasteiger partial charge is 0.253 e. The number of aliphatic hydroxyl groups is 1. The summed E-state index contributed by atoms with van der Waals surface area (Å²) in [7, 11) is 0. The van der Waals surface area contributed by atoms with Gasteiger partial charge in [-0.1, -0.05) is 18.2 Å². The van der Waals surface area contributed by atoms with Gasteiger partial charge in [0, 0.05) is 24.7 Å². The summed E-state index contributed by atoms with van der Waals surface area (Å²) in [5.41, 5.74) is 7.36. The number of rotatable bonds is 7. The molecule has 134 valence electrons. The lowest BCUT2D eigenvalue weighted by Gasteiger charge is -2.20. The van der Waals surface area contributed by atoms with Crippen LogP contribution in [0.2, 0.25) is 0 Å². The van der Waals surface area contributed by atoms with Crippen molar-refractivity contribution in [2.24, 2.45) is 5.73 Å². The van der Waals surface area contributed by atoms with Crippen molar-refractivity contribution in [3.05, 3.63) is 65.2 Å². The lowest BCUT2D eigenvalue weighted by atomic mass is 9.97. The first kappa shape index (κ1) is 19.0. The topological polar surface area (TPSA) is 88.2 Å². The van der Waals surface area contributed by atoms with Gasteiger partial charge in [0.25, 0.3) is 5.91 Å². The molecule has 0 fully saturated rings. The van der Waals surface area contributed by atoms with E-state index in [4.69, 9.17) is 5.73 Å². The summed E-state index contributed by atoms with van der Waals surface area (Å²) >= 11 is 0. The quantitative estimate of drug-likeness (QED) is 0.714. The Morgan fingerprint density at radius 1 is 1.24 bits per heavy atom. The molecule has 5 nitrogen and oxygen atoms in total. The normalized spacial score (nSPS) is 13.5. The number of carbonyl (C=O) groups is 1. The number of aliphatic hydroxyl groups excluding tert-OH is 1. The first-order valence-electron chi connectivity index (χ1n) is 8.30. The van der Waals surface area contributed by atoms with Gasteiger partial charge in [-0.15, -0.1) is 0 Å². The van der Waals surface area contributed by atoms with Gasteiger partial charge in [0.15, 0.2) is 0 Å². The van der Waals surface area contributed by atoms with Crippen LogP contribution >= 0.6 is 0 Å². The van der Waals surface area contributed by atoms with Crippen molar-refractivity contribution < 1.29 is 14.3 Å². The molecule has 0 bridgehead atoms. The van der Waals surface area contributed by atoms with Crippen LogP contribution in [0.5, 0.6) is 0 Å². The largest absolute Gasteiger partial charge is 0.391 e. The number of nitrogens with one attached hydrogen (secondary N) is 1. The second-order valence-corrected chi connectivity index (χ2v) is 6.36. The Morgan fingerprint density at radius 3 is 2.64 bits per heavy atom. The minimum atomic E-state index is -0.944. The highest BCUT2D eigenvalue weighted by atomic mass is 19.1. The predicted octanol–water partition coefficient (Wildman–Crippen LogP) is 1.83. The van der Waals surface area contributed by atoms with E-state index >= 15 is 0 Å². The van der Waals surface area contributed by atoms with Crippen molar-refractivity contribution in [3.8, 4) is 0 Å². The zero-order chi connectivity index (χ0) is 18.4. The fourth-order valence-corrected chi connectivity index (χ4v) is 2.55. The zero-order valence-electron chi connectivity index (χ0n) is 14.4. The van der Waals surface area contributed by atoms with Crippen molar-refractivity contribution in [2.45, 2.75) is 44.9 Å². The van der Waals surface area contributed by atoms with E-state index in [0.717, 1.165) is 0 Å². The van der Waals surface area contributed by atoms with Crippen molar-refractivity contribution in [2.75, 3.05) is 0 Å². The Hall–Kier alpha value is -2.31. The van der Waals surface area contributed by atoms with Gasteiger partial charge in [-0.3, -0.25) is 9.78 Å². The molecule has 1 amide bonds. The molecule has 0 aliphatic heterocycles. The maximum atomic E-state index is 13.7. The standard InChI is InChI=1S/C19H24FN3O2/c1-12(2)23-19(25)14-7-5-9-22-17(14)11-18(24)16(21)10-13-6-3-4-8-15(13)20/h3-9,12,16,18,24H,10-11,21H2,1-2H3,(H,23,25)/t16-,18+/m1/s1. The van der Waals surface area contributed by atoms with Crippen LogP contribution in [0.1, 0.15) is 35.5 Å². The van der Waals surface area contributed by atoms with Crippen LogP contribution in [0.3, 0.4) is 0 Å². The van der Waals surface area contributed by atoms with Gasteiger partial charge >= 0.3 is 0 Å². The molecule has 0 spiro atoms. The number of halogens is 1. The Balaban J connectivity index is 2.08. The van der Waals surface area contributed by atoms with Crippen LogP contribution < -0.4 is 11.1 Å². The minimum absolute atomic E-state index is 0.00575. The van der Waals surface area contributed by atoms with E-state index in [9.17, 15) is 14.3 Å². The number of nitrogens with two attached hydrogens (primary N) is 1. The number of hydrogen-bond acceptors (Lipinski definition) is 4. The molecule has 1 aromatic heterocycles. The second kappa shape index (κ2) is 8.69.